The highest BCUT2D eigenvalue weighted by Gasteiger charge is 2.41. The molecule has 1 aliphatic heterocycles. The van der Waals surface area contributed by atoms with E-state index in [9.17, 15) is 22.4 Å². The first-order chi connectivity index (χ1) is 13.6. The summed E-state index contributed by atoms with van der Waals surface area (Å²) in [5.41, 5.74) is -0.670. The van der Waals surface area contributed by atoms with Crippen LogP contribution in [-0.2, 0) is 22.3 Å². The van der Waals surface area contributed by atoms with Gasteiger partial charge in [-0.25, -0.2) is 4.39 Å². The van der Waals surface area contributed by atoms with Crippen LogP contribution in [0.5, 0.6) is 0 Å². The second kappa shape index (κ2) is 7.87. The molecule has 2 aromatic carbocycles. The predicted molar refractivity (Wildman–Crippen MR) is 101 cm³/mol. The average Bonchev–Trinajstić information content (AvgIpc) is 2.65. The van der Waals surface area contributed by atoms with Gasteiger partial charge in [-0.1, -0.05) is 18.2 Å². The molecule has 0 saturated heterocycles. The van der Waals surface area contributed by atoms with Gasteiger partial charge in [-0.3, -0.25) is 4.79 Å². The van der Waals surface area contributed by atoms with Crippen LogP contribution in [0.1, 0.15) is 30.5 Å². The number of allylic oxidation sites excluding steroid dienone is 1. The Balaban J connectivity index is 1.90. The molecule has 0 fully saturated rings. The smallest absolute Gasteiger partial charge is 0.348 e. The first kappa shape index (κ1) is 20.9. The number of hydrogen-bond donors (Lipinski definition) is 2. The number of carbonyl (C=O) groups is 1. The number of carbonyl (C=O) groups excluding carboxylic acids is 1. The summed E-state index contributed by atoms with van der Waals surface area (Å²) in [4.78, 5) is 12.9. The van der Waals surface area contributed by atoms with Crippen molar-refractivity contribution in [2.24, 2.45) is 0 Å². The van der Waals surface area contributed by atoms with Crippen molar-refractivity contribution >= 4 is 17.2 Å². The molecule has 0 saturated carbocycles. The average molecular weight is 408 g/mol. The van der Waals surface area contributed by atoms with E-state index in [0.717, 1.165) is 12.1 Å². The summed E-state index contributed by atoms with van der Waals surface area (Å²) in [6, 6.07) is 9.06. The highest BCUT2D eigenvalue weighted by Crippen LogP contribution is 2.39. The van der Waals surface area contributed by atoms with Crippen molar-refractivity contribution in [2.45, 2.75) is 32.3 Å². The molecule has 1 amide bonds. The van der Waals surface area contributed by atoms with E-state index in [1.807, 2.05) is 0 Å². The fraction of sp³-hybridized carbons (Fsp3) is 0.286. The van der Waals surface area contributed by atoms with Gasteiger partial charge < -0.3 is 15.4 Å². The number of rotatable bonds is 5. The highest BCUT2D eigenvalue weighted by atomic mass is 19.4. The van der Waals surface area contributed by atoms with Crippen LogP contribution in [0, 0.1) is 5.82 Å². The van der Waals surface area contributed by atoms with Gasteiger partial charge in [-0.2, -0.15) is 13.2 Å². The Morgan fingerprint density at radius 1 is 1.21 bits per heavy atom. The van der Waals surface area contributed by atoms with E-state index in [1.165, 1.54) is 30.3 Å². The minimum Gasteiger partial charge on any atom is -0.348 e. The zero-order valence-electron chi connectivity index (χ0n) is 15.9. The molecular formula is C21H20F4N2O2. The third kappa shape index (κ3) is 4.42. The van der Waals surface area contributed by atoms with Crippen LogP contribution in [0.4, 0.5) is 23.2 Å². The summed E-state index contributed by atoms with van der Waals surface area (Å²) in [5, 5.41) is 5.47. The number of amides is 1. The highest BCUT2D eigenvalue weighted by molar-refractivity contribution is 5.96. The van der Waals surface area contributed by atoms with E-state index in [-0.39, 0.29) is 18.8 Å². The standard InChI is InChI=1S/C21H20F4N2O2/c1-3-29-20(19(28)26-12-14-5-4-6-16(22)9-14)11-13(2)17-8-7-15(21(23,24)25)10-18(17)27-20/h4-11,27H,3,12H2,1-2H3,(H,26,28). The Bertz CT molecular complexity index is 956. The van der Waals surface area contributed by atoms with Gasteiger partial charge in [0.25, 0.3) is 5.91 Å². The van der Waals surface area contributed by atoms with Crippen molar-refractivity contribution in [2.75, 3.05) is 11.9 Å². The van der Waals surface area contributed by atoms with Gasteiger partial charge in [0.1, 0.15) is 5.82 Å². The maximum absolute atomic E-state index is 13.3. The van der Waals surface area contributed by atoms with Crippen molar-refractivity contribution in [3.8, 4) is 0 Å². The number of ether oxygens (including phenoxy) is 1. The Kier molecular flexibility index (Phi) is 5.66. The largest absolute Gasteiger partial charge is 0.416 e. The van der Waals surface area contributed by atoms with Crippen molar-refractivity contribution in [1.29, 1.82) is 0 Å². The van der Waals surface area contributed by atoms with E-state index in [4.69, 9.17) is 4.74 Å². The monoisotopic (exact) mass is 408 g/mol. The van der Waals surface area contributed by atoms with Crippen molar-refractivity contribution in [1.82, 2.24) is 5.32 Å². The van der Waals surface area contributed by atoms with Crippen molar-refractivity contribution in [3.05, 3.63) is 71.0 Å². The second-order valence-electron chi connectivity index (χ2n) is 6.69. The molecule has 1 aliphatic rings. The molecule has 2 aromatic rings. The van der Waals surface area contributed by atoms with Crippen LogP contribution < -0.4 is 10.6 Å². The number of fused-ring (bicyclic) bond motifs is 1. The van der Waals surface area contributed by atoms with Crippen molar-refractivity contribution in [3.63, 3.8) is 0 Å². The molecule has 4 nitrogen and oxygen atoms in total. The summed E-state index contributed by atoms with van der Waals surface area (Å²) in [6.45, 7) is 3.54. The second-order valence-corrected chi connectivity index (χ2v) is 6.69. The van der Waals surface area contributed by atoms with Crippen LogP contribution >= 0.6 is 0 Å². The van der Waals surface area contributed by atoms with Gasteiger partial charge in [-0.05, 0) is 55.3 Å². The number of benzene rings is 2. The van der Waals surface area contributed by atoms with Gasteiger partial charge in [-0.15, -0.1) is 0 Å². The predicted octanol–water partition coefficient (Wildman–Crippen LogP) is 4.72. The molecule has 1 unspecified atom stereocenters. The van der Waals surface area contributed by atoms with E-state index in [0.29, 0.717) is 16.7 Å². The molecule has 0 aromatic heterocycles. The van der Waals surface area contributed by atoms with Gasteiger partial charge in [0.05, 0.1) is 5.56 Å². The summed E-state index contributed by atoms with van der Waals surface area (Å²) in [6.07, 6.45) is -2.98. The zero-order chi connectivity index (χ0) is 21.2. The van der Waals surface area contributed by atoms with E-state index >= 15 is 0 Å². The molecule has 1 heterocycles. The molecule has 1 atom stereocenters. The van der Waals surface area contributed by atoms with Crippen LogP contribution in [0.15, 0.2) is 48.5 Å². The maximum atomic E-state index is 13.3. The summed E-state index contributed by atoms with van der Waals surface area (Å²) < 4.78 is 58.3. The molecule has 0 aliphatic carbocycles. The Morgan fingerprint density at radius 3 is 2.62 bits per heavy atom. The quantitative estimate of drug-likeness (QED) is 0.704. The minimum absolute atomic E-state index is 0.0371. The van der Waals surface area contributed by atoms with Crippen LogP contribution in [0.2, 0.25) is 0 Å². The molecule has 29 heavy (non-hydrogen) atoms. The normalized spacial score (nSPS) is 18.5. The number of nitrogens with one attached hydrogen (secondary N) is 2. The molecule has 8 heteroatoms. The molecule has 2 N–H and O–H groups in total. The van der Waals surface area contributed by atoms with Crippen molar-refractivity contribution < 1.29 is 27.1 Å². The third-order valence-electron chi connectivity index (χ3n) is 4.56. The van der Waals surface area contributed by atoms with E-state index in [1.54, 1.807) is 19.9 Å². The molecule has 0 bridgehead atoms. The number of anilines is 1. The van der Waals surface area contributed by atoms with Crippen LogP contribution in [-0.4, -0.2) is 18.2 Å². The molecule has 0 radical (unpaired) electrons. The lowest BCUT2D eigenvalue weighted by atomic mass is 9.94. The van der Waals surface area contributed by atoms with Gasteiger partial charge in [0.15, 0.2) is 0 Å². The minimum atomic E-state index is -4.51. The topological polar surface area (TPSA) is 50.4 Å². The molecular weight excluding hydrogens is 388 g/mol. The third-order valence-corrected chi connectivity index (χ3v) is 4.56. The van der Waals surface area contributed by atoms with Crippen LogP contribution in [0.3, 0.4) is 0 Å². The lowest BCUT2D eigenvalue weighted by Crippen LogP contribution is -2.54. The Labute approximate surface area is 165 Å². The van der Waals surface area contributed by atoms with E-state index in [2.05, 4.69) is 10.6 Å². The fourth-order valence-corrected chi connectivity index (χ4v) is 3.24. The molecule has 154 valence electrons. The summed E-state index contributed by atoms with van der Waals surface area (Å²) in [5.74, 6) is -1.03. The first-order valence-electron chi connectivity index (χ1n) is 9.00. The first-order valence-corrected chi connectivity index (χ1v) is 9.00. The van der Waals surface area contributed by atoms with Gasteiger partial charge in [0, 0.05) is 24.4 Å². The Hall–Kier alpha value is -2.87. The number of halogens is 4. The van der Waals surface area contributed by atoms with Gasteiger partial charge in [0.2, 0.25) is 5.72 Å². The SMILES string of the molecule is CCOC1(C(=O)NCc2cccc(F)c2)C=C(C)c2ccc(C(F)(F)F)cc2N1. The fourth-order valence-electron chi connectivity index (χ4n) is 3.24. The van der Waals surface area contributed by atoms with Gasteiger partial charge >= 0.3 is 6.18 Å². The van der Waals surface area contributed by atoms with E-state index < -0.39 is 29.2 Å². The zero-order valence-corrected chi connectivity index (χ0v) is 15.9. The number of alkyl halides is 3. The molecule has 3 rings (SSSR count). The Morgan fingerprint density at radius 2 is 1.97 bits per heavy atom. The summed E-state index contributed by atoms with van der Waals surface area (Å²) in [7, 11) is 0. The molecule has 0 spiro atoms. The maximum Gasteiger partial charge on any atom is 0.416 e. The lowest BCUT2D eigenvalue weighted by molar-refractivity contribution is -0.137. The summed E-state index contributed by atoms with van der Waals surface area (Å²) >= 11 is 0. The number of hydrogen-bond acceptors (Lipinski definition) is 3. The lowest BCUT2D eigenvalue weighted by Gasteiger charge is -2.36. The van der Waals surface area contributed by atoms with Crippen LogP contribution in [0.25, 0.3) is 5.57 Å².